The maximum absolute atomic E-state index is 13.3. The summed E-state index contributed by atoms with van der Waals surface area (Å²) >= 11 is 6.59. The van der Waals surface area contributed by atoms with E-state index >= 15 is 0 Å². The van der Waals surface area contributed by atoms with Gasteiger partial charge in [0.2, 0.25) is 0 Å². The van der Waals surface area contributed by atoms with E-state index in [9.17, 15) is 14.7 Å². The van der Waals surface area contributed by atoms with Crippen LogP contribution in [0.25, 0.3) is 11.7 Å². The molecule has 33 heavy (non-hydrogen) atoms. The van der Waals surface area contributed by atoms with Crippen LogP contribution in [0.15, 0.2) is 52.3 Å². The number of nitrogens with one attached hydrogen (secondary N) is 1. The molecule has 2 N–H and O–H groups in total. The number of methoxy groups -OCH3 is 1. The Balaban J connectivity index is 1.71. The fraction of sp³-hybridized carbons (Fsp3) is 0.217. The van der Waals surface area contributed by atoms with Gasteiger partial charge < -0.3 is 15.2 Å². The Kier molecular flexibility index (Phi) is 6.77. The van der Waals surface area contributed by atoms with Crippen molar-refractivity contribution in [2.45, 2.75) is 13.5 Å². The molecule has 0 aliphatic carbocycles. The number of pyridine rings is 1. The molecule has 1 aliphatic heterocycles. The van der Waals surface area contributed by atoms with Crippen LogP contribution in [-0.4, -0.2) is 49.9 Å². The van der Waals surface area contributed by atoms with Crippen LogP contribution in [0.5, 0.6) is 5.75 Å². The lowest BCUT2D eigenvalue weighted by molar-refractivity contribution is -0.122. The van der Waals surface area contributed by atoms with Crippen molar-refractivity contribution in [1.29, 1.82) is 0 Å². The average Bonchev–Trinajstić information content (AvgIpc) is 3.08. The summed E-state index contributed by atoms with van der Waals surface area (Å²) in [6.07, 6.45) is 3.16. The molecule has 1 fully saturated rings. The molecular weight excluding hydrogens is 460 g/mol. The number of anilines is 1. The Hall–Kier alpha value is -3.21. The number of aryl methyl sites for hydroxylation is 1. The third-order valence-corrected chi connectivity index (χ3v) is 6.52. The van der Waals surface area contributed by atoms with Crippen LogP contribution in [0.4, 0.5) is 5.82 Å². The van der Waals surface area contributed by atoms with Gasteiger partial charge in [-0.2, -0.15) is 0 Å². The molecule has 1 aromatic carbocycles. The van der Waals surface area contributed by atoms with Gasteiger partial charge in [-0.25, -0.2) is 4.98 Å². The average molecular weight is 483 g/mol. The van der Waals surface area contributed by atoms with Crippen molar-refractivity contribution in [2.24, 2.45) is 0 Å². The third-order valence-electron chi connectivity index (χ3n) is 5.14. The van der Waals surface area contributed by atoms with Crippen LogP contribution in [0.1, 0.15) is 16.7 Å². The van der Waals surface area contributed by atoms with E-state index in [1.54, 1.807) is 19.4 Å². The number of benzene rings is 1. The lowest BCUT2D eigenvalue weighted by Crippen LogP contribution is -2.27. The summed E-state index contributed by atoms with van der Waals surface area (Å²) in [4.78, 5) is 32.8. The van der Waals surface area contributed by atoms with Crippen molar-refractivity contribution in [2.75, 3.05) is 25.6 Å². The molecule has 10 heteroatoms. The number of carbonyl (C=O) groups is 1. The van der Waals surface area contributed by atoms with Crippen LogP contribution >= 0.6 is 24.0 Å². The molecule has 170 valence electrons. The number of aliphatic hydroxyl groups is 1. The van der Waals surface area contributed by atoms with Gasteiger partial charge in [-0.05, 0) is 42.3 Å². The highest BCUT2D eigenvalue weighted by molar-refractivity contribution is 8.26. The van der Waals surface area contributed by atoms with E-state index in [1.807, 2.05) is 37.3 Å². The van der Waals surface area contributed by atoms with Gasteiger partial charge in [0.05, 0.1) is 30.7 Å². The number of carbonyl (C=O) groups excluding carboxylic acids is 1. The van der Waals surface area contributed by atoms with E-state index in [0.717, 1.165) is 28.6 Å². The number of ether oxygens (including phenoxy) is 1. The number of fused-ring (bicyclic) bond motifs is 1. The van der Waals surface area contributed by atoms with Crippen molar-refractivity contribution >= 4 is 51.7 Å². The number of rotatable bonds is 7. The fourth-order valence-electron chi connectivity index (χ4n) is 3.43. The first kappa shape index (κ1) is 23.0. The lowest BCUT2D eigenvalue weighted by atomic mass is 10.2. The van der Waals surface area contributed by atoms with Crippen LogP contribution in [0.2, 0.25) is 0 Å². The second-order valence-electron chi connectivity index (χ2n) is 7.33. The number of hydrogen-bond donors (Lipinski definition) is 2. The van der Waals surface area contributed by atoms with Crippen LogP contribution in [0.3, 0.4) is 0 Å². The molecule has 8 nitrogen and oxygen atoms in total. The monoisotopic (exact) mass is 482 g/mol. The summed E-state index contributed by atoms with van der Waals surface area (Å²) in [5.41, 5.74) is 2.16. The van der Waals surface area contributed by atoms with Gasteiger partial charge in [0.15, 0.2) is 0 Å². The van der Waals surface area contributed by atoms with Gasteiger partial charge in [0, 0.05) is 12.7 Å². The van der Waals surface area contributed by atoms with Gasteiger partial charge in [0.25, 0.3) is 11.5 Å². The van der Waals surface area contributed by atoms with Crippen LogP contribution in [0, 0.1) is 6.92 Å². The topological polar surface area (TPSA) is 96.2 Å². The van der Waals surface area contributed by atoms with Crippen molar-refractivity contribution in [1.82, 2.24) is 14.3 Å². The van der Waals surface area contributed by atoms with Gasteiger partial charge in [-0.1, -0.05) is 42.2 Å². The minimum atomic E-state index is -0.315. The molecule has 2 aromatic heterocycles. The summed E-state index contributed by atoms with van der Waals surface area (Å²) in [5, 5.41) is 12.2. The van der Waals surface area contributed by atoms with E-state index in [4.69, 9.17) is 17.0 Å². The zero-order valence-electron chi connectivity index (χ0n) is 18.1. The second-order valence-corrected chi connectivity index (χ2v) is 9.01. The normalized spacial score (nSPS) is 15.0. The highest BCUT2D eigenvalue weighted by Gasteiger charge is 2.32. The highest BCUT2D eigenvalue weighted by atomic mass is 32.2. The lowest BCUT2D eigenvalue weighted by Gasteiger charge is -2.14. The van der Waals surface area contributed by atoms with E-state index in [2.05, 4.69) is 10.3 Å². The largest absolute Gasteiger partial charge is 0.497 e. The molecule has 3 heterocycles. The number of amides is 1. The predicted octanol–water partition coefficient (Wildman–Crippen LogP) is 2.82. The highest BCUT2D eigenvalue weighted by Crippen LogP contribution is 2.34. The molecule has 0 radical (unpaired) electrons. The zero-order chi connectivity index (χ0) is 23.5. The molecule has 1 amide bonds. The summed E-state index contributed by atoms with van der Waals surface area (Å²) < 4.78 is 7.04. The second kappa shape index (κ2) is 9.74. The van der Waals surface area contributed by atoms with E-state index in [0.29, 0.717) is 27.2 Å². The van der Waals surface area contributed by atoms with Gasteiger partial charge >= 0.3 is 0 Å². The summed E-state index contributed by atoms with van der Waals surface area (Å²) in [5.74, 6) is 0.762. The molecule has 4 rings (SSSR count). The number of thioether (sulfide) groups is 1. The fourth-order valence-corrected chi connectivity index (χ4v) is 4.67. The number of thiocarbonyl (C=S) groups is 1. The van der Waals surface area contributed by atoms with Crippen molar-refractivity contribution < 1.29 is 14.6 Å². The number of hydrogen-bond acceptors (Lipinski definition) is 8. The Morgan fingerprint density at radius 2 is 2.00 bits per heavy atom. The van der Waals surface area contributed by atoms with E-state index in [1.165, 1.54) is 15.4 Å². The molecule has 0 bridgehead atoms. The maximum Gasteiger partial charge on any atom is 0.267 e. The standard InChI is InChI=1S/C23H22N4O4S2/c1-14-4-3-10-26-20(14)25-19(24-9-11-28)17(21(26)29)12-18-22(30)27(23(32)33-18)13-15-5-7-16(31-2)8-6-15/h3-8,10,12,24,28H,9,11,13H2,1-2H3. The van der Waals surface area contributed by atoms with Gasteiger partial charge in [-0.15, -0.1) is 0 Å². The van der Waals surface area contributed by atoms with Crippen molar-refractivity contribution in [3.05, 3.63) is 74.5 Å². The van der Waals surface area contributed by atoms with E-state index < -0.39 is 0 Å². The maximum atomic E-state index is 13.3. The third kappa shape index (κ3) is 4.63. The molecule has 1 aliphatic rings. The summed E-state index contributed by atoms with van der Waals surface area (Å²) in [7, 11) is 1.59. The molecule has 0 saturated carbocycles. The molecule has 1 saturated heterocycles. The van der Waals surface area contributed by atoms with Gasteiger partial charge in [0.1, 0.15) is 21.5 Å². The molecule has 3 aromatic rings. The van der Waals surface area contributed by atoms with Gasteiger partial charge in [-0.3, -0.25) is 18.9 Å². The Morgan fingerprint density at radius 3 is 2.70 bits per heavy atom. The molecule has 0 spiro atoms. The van der Waals surface area contributed by atoms with Crippen molar-refractivity contribution in [3.63, 3.8) is 0 Å². The minimum Gasteiger partial charge on any atom is -0.497 e. The Morgan fingerprint density at radius 1 is 1.24 bits per heavy atom. The smallest absolute Gasteiger partial charge is 0.267 e. The minimum absolute atomic E-state index is 0.127. The molecule has 0 unspecified atom stereocenters. The first-order valence-corrected chi connectivity index (χ1v) is 11.4. The van der Waals surface area contributed by atoms with E-state index in [-0.39, 0.29) is 30.2 Å². The predicted molar refractivity (Wildman–Crippen MR) is 133 cm³/mol. The SMILES string of the molecule is COc1ccc(CN2C(=O)C(=Cc3c(NCCO)nc4c(C)cccn4c3=O)SC2=S)cc1. The molecular formula is C23H22N4O4S2. The molecule has 0 atom stereocenters. The van der Waals surface area contributed by atoms with Crippen LogP contribution in [-0.2, 0) is 11.3 Å². The van der Waals surface area contributed by atoms with Crippen molar-refractivity contribution in [3.8, 4) is 5.75 Å². The number of nitrogens with zero attached hydrogens (tertiary/aromatic N) is 3. The summed E-state index contributed by atoms with van der Waals surface area (Å²) in [6.45, 7) is 2.27. The number of aliphatic hydroxyl groups excluding tert-OH is 1. The van der Waals surface area contributed by atoms with Crippen LogP contribution < -0.4 is 15.6 Å². The first-order valence-electron chi connectivity index (χ1n) is 10.2. The first-order chi connectivity index (χ1) is 15.9. The Bertz CT molecular complexity index is 1320. The number of aromatic nitrogens is 2. The quantitative estimate of drug-likeness (QED) is 0.392. The Labute approximate surface area is 199 Å². The zero-order valence-corrected chi connectivity index (χ0v) is 19.7. The summed E-state index contributed by atoms with van der Waals surface area (Å²) in [6, 6.07) is 11.0.